The number of rotatable bonds is 1. The smallest absolute Gasteiger partial charge is 0.155 e. The van der Waals surface area contributed by atoms with Gasteiger partial charge in [0.05, 0.1) is 9.26 Å². The molecular formula is C12H15IN4. The van der Waals surface area contributed by atoms with E-state index in [4.69, 9.17) is 5.73 Å². The largest absolute Gasteiger partial charge is 0.383 e. The Balaban J connectivity index is 2.59. The standard InChI is InChI=1S/C12H15IN4/c1-12(2,3)10-9(13)11(14)17(16-10)8-6-4-5-7-15-8/h4-7H,14H2,1-3H3. The van der Waals surface area contributed by atoms with Crippen molar-refractivity contribution in [2.45, 2.75) is 26.2 Å². The fourth-order valence-corrected chi connectivity index (χ4v) is 2.69. The first-order chi connectivity index (χ1) is 7.91. The zero-order valence-electron chi connectivity index (χ0n) is 10.1. The highest BCUT2D eigenvalue weighted by atomic mass is 127. The lowest BCUT2D eigenvalue weighted by Gasteiger charge is -2.15. The van der Waals surface area contributed by atoms with Crippen molar-refractivity contribution in [2.75, 3.05) is 5.73 Å². The molecule has 0 unspecified atom stereocenters. The molecule has 2 heterocycles. The van der Waals surface area contributed by atoms with E-state index in [1.54, 1.807) is 10.9 Å². The average molecular weight is 342 g/mol. The average Bonchev–Trinajstić information content (AvgIpc) is 2.57. The summed E-state index contributed by atoms with van der Waals surface area (Å²) >= 11 is 2.24. The number of anilines is 1. The molecule has 0 atom stereocenters. The van der Waals surface area contributed by atoms with Crippen LogP contribution in [0.5, 0.6) is 0 Å². The molecule has 2 aromatic rings. The molecule has 0 aliphatic carbocycles. The maximum absolute atomic E-state index is 6.09. The van der Waals surface area contributed by atoms with Gasteiger partial charge in [0.25, 0.3) is 0 Å². The lowest BCUT2D eigenvalue weighted by molar-refractivity contribution is 0.557. The molecule has 0 aliphatic rings. The van der Waals surface area contributed by atoms with Gasteiger partial charge in [-0.3, -0.25) is 0 Å². The van der Waals surface area contributed by atoms with E-state index < -0.39 is 0 Å². The third kappa shape index (κ3) is 2.29. The van der Waals surface area contributed by atoms with Crippen LogP contribution in [0.25, 0.3) is 5.82 Å². The molecule has 0 saturated carbocycles. The van der Waals surface area contributed by atoms with E-state index in [1.165, 1.54) is 0 Å². The van der Waals surface area contributed by atoms with Crippen molar-refractivity contribution in [3.63, 3.8) is 0 Å². The number of hydrogen-bond acceptors (Lipinski definition) is 3. The van der Waals surface area contributed by atoms with Crippen LogP contribution in [-0.2, 0) is 5.41 Å². The molecule has 5 heteroatoms. The molecule has 0 bridgehead atoms. The first kappa shape index (κ1) is 12.3. The van der Waals surface area contributed by atoms with Crippen LogP contribution in [0.1, 0.15) is 26.5 Å². The van der Waals surface area contributed by atoms with Gasteiger partial charge in [-0.05, 0) is 34.7 Å². The van der Waals surface area contributed by atoms with Gasteiger partial charge in [-0.1, -0.05) is 26.8 Å². The van der Waals surface area contributed by atoms with Gasteiger partial charge in [0.1, 0.15) is 5.82 Å². The molecule has 0 radical (unpaired) electrons. The maximum Gasteiger partial charge on any atom is 0.155 e. The quantitative estimate of drug-likeness (QED) is 0.811. The molecular weight excluding hydrogens is 327 g/mol. The van der Waals surface area contributed by atoms with E-state index in [0.717, 1.165) is 15.1 Å². The van der Waals surface area contributed by atoms with Crippen LogP contribution in [0.3, 0.4) is 0 Å². The Morgan fingerprint density at radius 2 is 2.00 bits per heavy atom. The second kappa shape index (κ2) is 4.29. The van der Waals surface area contributed by atoms with Crippen molar-refractivity contribution >= 4 is 28.4 Å². The predicted molar refractivity (Wildman–Crippen MR) is 77.2 cm³/mol. The minimum Gasteiger partial charge on any atom is -0.383 e. The minimum absolute atomic E-state index is 0.0231. The Labute approximate surface area is 114 Å². The topological polar surface area (TPSA) is 56.7 Å². The molecule has 0 aliphatic heterocycles. The van der Waals surface area contributed by atoms with Crippen LogP contribution in [-0.4, -0.2) is 14.8 Å². The first-order valence-corrected chi connectivity index (χ1v) is 6.45. The number of hydrogen-bond donors (Lipinski definition) is 1. The molecule has 2 N–H and O–H groups in total. The maximum atomic E-state index is 6.09. The molecule has 17 heavy (non-hydrogen) atoms. The van der Waals surface area contributed by atoms with Crippen molar-refractivity contribution in [3.8, 4) is 5.82 Å². The first-order valence-electron chi connectivity index (χ1n) is 5.37. The summed E-state index contributed by atoms with van der Waals surface area (Å²) < 4.78 is 2.70. The Kier molecular flexibility index (Phi) is 3.11. The second-order valence-electron chi connectivity index (χ2n) is 4.90. The van der Waals surface area contributed by atoms with Gasteiger partial charge in [0.15, 0.2) is 5.82 Å². The highest BCUT2D eigenvalue weighted by molar-refractivity contribution is 14.1. The number of aromatic nitrogens is 3. The molecule has 0 amide bonds. The molecule has 2 rings (SSSR count). The van der Waals surface area contributed by atoms with E-state index in [0.29, 0.717) is 5.82 Å². The van der Waals surface area contributed by atoms with Crippen molar-refractivity contribution in [3.05, 3.63) is 33.7 Å². The fourth-order valence-electron chi connectivity index (χ4n) is 1.54. The van der Waals surface area contributed by atoms with Crippen LogP contribution < -0.4 is 5.73 Å². The minimum atomic E-state index is -0.0231. The zero-order chi connectivity index (χ0) is 12.6. The number of nitrogen functional groups attached to an aromatic ring is 1. The van der Waals surface area contributed by atoms with E-state index in [2.05, 4.69) is 53.4 Å². The van der Waals surface area contributed by atoms with Crippen LogP contribution in [0, 0.1) is 3.57 Å². The number of halogens is 1. The molecule has 0 fully saturated rings. The lowest BCUT2D eigenvalue weighted by Crippen LogP contribution is -2.14. The summed E-state index contributed by atoms with van der Waals surface area (Å²) in [6.45, 7) is 6.37. The highest BCUT2D eigenvalue weighted by Gasteiger charge is 2.24. The van der Waals surface area contributed by atoms with E-state index in [-0.39, 0.29) is 5.41 Å². The number of pyridine rings is 1. The van der Waals surface area contributed by atoms with Crippen molar-refractivity contribution in [2.24, 2.45) is 0 Å². The summed E-state index contributed by atoms with van der Waals surface area (Å²) in [5.41, 5.74) is 7.06. The van der Waals surface area contributed by atoms with Gasteiger partial charge in [0.2, 0.25) is 0 Å². The normalized spacial score (nSPS) is 11.8. The van der Waals surface area contributed by atoms with Crippen LogP contribution >= 0.6 is 22.6 Å². The summed E-state index contributed by atoms with van der Waals surface area (Å²) in [4.78, 5) is 4.26. The van der Waals surface area contributed by atoms with Crippen molar-refractivity contribution in [1.82, 2.24) is 14.8 Å². The Hall–Kier alpha value is -1.11. The van der Waals surface area contributed by atoms with Gasteiger partial charge in [-0.25, -0.2) is 4.98 Å². The zero-order valence-corrected chi connectivity index (χ0v) is 12.3. The van der Waals surface area contributed by atoms with E-state index >= 15 is 0 Å². The monoisotopic (exact) mass is 342 g/mol. The Bertz CT molecular complexity index is 525. The number of nitrogens with zero attached hydrogens (tertiary/aromatic N) is 3. The van der Waals surface area contributed by atoms with Gasteiger partial charge in [-0.2, -0.15) is 9.78 Å². The molecule has 4 nitrogen and oxygen atoms in total. The molecule has 0 spiro atoms. The third-order valence-electron chi connectivity index (χ3n) is 2.44. The van der Waals surface area contributed by atoms with Gasteiger partial charge in [0, 0.05) is 11.6 Å². The molecule has 0 aromatic carbocycles. The summed E-state index contributed by atoms with van der Waals surface area (Å²) in [7, 11) is 0. The van der Waals surface area contributed by atoms with Crippen molar-refractivity contribution < 1.29 is 0 Å². The summed E-state index contributed by atoms with van der Waals surface area (Å²) in [6, 6.07) is 5.69. The summed E-state index contributed by atoms with van der Waals surface area (Å²) in [6.07, 6.45) is 1.74. The number of nitrogens with two attached hydrogens (primary N) is 1. The van der Waals surface area contributed by atoms with Crippen LogP contribution in [0.15, 0.2) is 24.4 Å². The third-order valence-corrected chi connectivity index (χ3v) is 3.50. The van der Waals surface area contributed by atoms with Gasteiger partial charge >= 0.3 is 0 Å². The molecule has 0 saturated heterocycles. The summed E-state index contributed by atoms with van der Waals surface area (Å²) in [5.74, 6) is 1.40. The van der Waals surface area contributed by atoms with Crippen LogP contribution in [0.4, 0.5) is 5.82 Å². The SMILES string of the molecule is CC(C)(C)c1nn(-c2ccccn2)c(N)c1I. The van der Waals surface area contributed by atoms with E-state index in [9.17, 15) is 0 Å². The summed E-state index contributed by atoms with van der Waals surface area (Å²) in [5, 5.41) is 4.57. The molecule has 90 valence electrons. The highest BCUT2D eigenvalue weighted by Crippen LogP contribution is 2.30. The van der Waals surface area contributed by atoms with Crippen molar-refractivity contribution in [1.29, 1.82) is 0 Å². The second-order valence-corrected chi connectivity index (χ2v) is 5.98. The molecule has 2 aromatic heterocycles. The Morgan fingerprint density at radius 3 is 2.47 bits per heavy atom. The van der Waals surface area contributed by atoms with Crippen LogP contribution in [0.2, 0.25) is 0 Å². The fraction of sp³-hybridized carbons (Fsp3) is 0.333. The van der Waals surface area contributed by atoms with E-state index in [1.807, 2.05) is 18.2 Å². The predicted octanol–water partition coefficient (Wildman–Crippen LogP) is 2.75. The van der Waals surface area contributed by atoms with Gasteiger partial charge in [-0.15, -0.1) is 0 Å². The Morgan fingerprint density at radius 1 is 1.29 bits per heavy atom. The van der Waals surface area contributed by atoms with Gasteiger partial charge < -0.3 is 5.73 Å². The lowest BCUT2D eigenvalue weighted by atomic mass is 9.92.